The third-order valence-corrected chi connectivity index (χ3v) is 5.21. The lowest BCUT2D eigenvalue weighted by atomic mass is 10.2. The molecule has 0 aliphatic rings. The van der Waals surface area contributed by atoms with Gasteiger partial charge in [-0.15, -0.1) is 11.3 Å². The van der Waals surface area contributed by atoms with Crippen molar-refractivity contribution < 1.29 is 9.47 Å². The van der Waals surface area contributed by atoms with Gasteiger partial charge in [0.2, 0.25) is 0 Å². The number of aromatic nitrogens is 2. The summed E-state index contributed by atoms with van der Waals surface area (Å²) in [6.45, 7) is 4.63. The summed E-state index contributed by atoms with van der Waals surface area (Å²) in [7, 11) is 1.61. The quantitative estimate of drug-likeness (QED) is 0.389. The van der Waals surface area contributed by atoms with Crippen LogP contribution in [-0.2, 0) is 0 Å². The summed E-state index contributed by atoms with van der Waals surface area (Å²) >= 11 is 1.45. The average molecular weight is 400 g/mol. The van der Waals surface area contributed by atoms with Crippen molar-refractivity contribution in [3.63, 3.8) is 0 Å². The van der Waals surface area contributed by atoms with Gasteiger partial charge in [0.25, 0.3) is 5.56 Å². The van der Waals surface area contributed by atoms with Gasteiger partial charge in [-0.1, -0.05) is 26.2 Å². The van der Waals surface area contributed by atoms with E-state index in [-0.39, 0.29) is 5.56 Å². The van der Waals surface area contributed by atoms with E-state index in [0.717, 1.165) is 16.8 Å². The molecule has 0 radical (unpaired) electrons. The van der Waals surface area contributed by atoms with E-state index in [9.17, 15) is 4.79 Å². The Bertz CT molecular complexity index is 1020. The van der Waals surface area contributed by atoms with E-state index in [4.69, 9.17) is 9.47 Å². The van der Waals surface area contributed by atoms with Gasteiger partial charge in [-0.25, -0.2) is 4.98 Å². The Labute approximate surface area is 168 Å². The van der Waals surface area contributed by atoms with Crippen LogP contribution in [0.5, 0.6) is 11.5 Å². The highest BCUT2D eigenvalue weighted by molar-refractivity contribution is 7.16. The first kappa shape index (κ1) is 20.1. The maximum absolute atomic E-state index is 12.6. The molecule has 6 nitrogen and oxygen atoms in total. The molecule has 0 aliphatic carbocycles. The van der Waals surface area contributed by atoms with Gasteiger partial charge in [0.15, 0.2) is 11.5 Å². The summed E-state index contributed by atoms with van der Waals surface area (Å²) in [6.07, 6.45) is 6.25. The van der Waals surface area contributed by atoms with Crippen molar-refractivity contribution in [3.8, 4) is 11.5 Å². The standard InChI is InChI=1S/C21H25N3O3S/c1-4-5-6-7-11-27-18-9-8-16(13-19(18)26-3)14-22-24-15(2)23-20-17(21(24)25)10-12-28-20/h8-10,12-14H,4-7,11H2,1-3H3. The third kappa shape index (κ3) is 4.59. The second-order valence-corrected chi connectivity index (χ2v) is 7.37. The van der Waals surface area contributed by atoms with E-state index in [2.05, 4.69) is 17.0 Å². The first-order valence-electron chi connectivity index (χ1n) is 9.46. The summed E-state index contributed by atoms with van der Waals surface area (Å²) < 4.78 is 12.6. The molecular formula is C21H25N3O3S. The summed E-state index contributed by atoms with van der Waals surface area (Å²) in [5, 5.41) is 6.77. The van der Waals surface area contributed by atoms with E-state index in [1.54, 1.807) is 26.3 Å². The molecule has 0 saturated heterocycles. The Kier molecular flexibility index (Phi) is 6.81. The molecular weight excluding hydrogens is 374 g/mol. The number of unbranched alkanes of at least 4 members (excludes halogenated alkanes) is 3. The predicted octanol–water partition coefficient (Wildman–Crippen LogP) is 4.62. The van der Waals surface area contributed by atoms with E-state index in [0.29, 0.717) is 29.3 Å². The van der Waals surface area contributed by atoms with Crippen LogP contribution in [0.15, 0.2) is 39.5 Å². The Hall–Kier alpha value is -2.67. The monoisotopic (exact) mass is 399 g/mol. The molecule has 3 aromatic rings. The van der Waals surface area contributed by atoms with E-state index in [1.807, 2.05) is 23.6 Å². The minimum Gasteiger partial charge on any atom is -0.493 e. The molecule has 7 heteroatoms. The highest BCUT2D eigenvalue weighted by Gasteiger charge is 2.09. The van der Waals surface area contributed by atoms with Crippen molar-refractivity contribution in [2.24, 2.45) is 5.10 Å². The van der Waals surface area contributed by atoms with Crippen LogP contribution in [0.1, 0.15) is 44.0 Å². The summed E-state index contributed by atoms with van der Waals surface area (Å²) in [5.74, 6) is 1.91. The van der Waals surface area contributed by atoms with E-state index in [1.165, 1.54) is 35.3 Å². The van der Waals surface area contributed by atoms with Crippen LogP contribution < -0.4 is 15.0 Å². The Morgan fingerprint density at radius 3 is 2.86 bits per heavy atom. The van der Waals surface area contributed by atoms with Crippen molar-refractivity contribution in [1.29, 1.82) is 0 Å². The molecule has 0 saturated carbocycles. The van der Waals surface area contributed by atoms with Crippen LogP contribution in [0, 0.1) is 6.92 Å². The second kappa shape index (κ2) is 9.50. The largest absolute Gasteiger partial charge is 0.493 e. The summed E-state index contributed by atoms with van der Waals surface area (Å²) in [5.41, 5.74) is 0.644. The van der Waals surface area contributed by atoms with Gasteiger partial charge in [0.1, 0.15) is 10.7 Å². The summed E-state index contributed by atoms with van der Waals surface area (Å²) in [4.78, 5) is 17.7. The maximum Gasteiger partial charge on any atom is 0.282 e. The molecule has 0 N–H and O–H groups in total. The smallest absolute Gasteiger partial charge is 0.282 e. The van der Waals surface area contributed by atoms with Gasteiger partial charge < -0.3 is 9.47 Å². The van der Waals surface area contributed by atoms with Crippen LogP contribution in [0.25, 0.3) is 10.2 Å². The minimum absolute atomic E-state index is 0.168. The van der Waals surface area contributed by atoms with Gasteiger partial charge >= 0.3 is 0 Å². The summed E-state index contributed by atoms with van der Waals surface area (Å²) in [6, 6.07) is 7.39. The zero-order valence-corrected chi connectivity index (χ0v) is 17.3. The highest BCUT2D eigenvalue weighted by atomic mass is 32.1. The SMILES string of the molecule is CCCCCCOc1ccc(C=Nn2c(C)nc3sccc3c2=O)cc1OC. The lowest BCUT2D eigenvalue weighted by Crippen LogP contribution is -2.19. The molecule has 0 spiro atoms. The van der Waals surface area contributed by atoms with Crippen molar-refractivity contribution in [3.05, 3.63) is 51.4 Å². The van der Waals surface area contributed by atoms with Crippen LogP contribution >= 0.6 is 11.3 Å². The van der Waals surface area contributed by atoms with E-state index >= 15 is 0 Å². The number of thiophene rings is 1. The number of hydrogen-bond donors (Lipinski definition) is 0. The number of aryl methyl sites for hydroxylation is 1. The molecule has 3 rings (SSSR count). The molecule has 0 amide bonds. The highest BCUT2D eigenvalue weighted by Crippen LogP contribution is 2.28. The van der Waals surface area contributed by atoms with Crippen LogP contribution in [0.3, 0.4) is 0 Å². The lowest BCUT2D eigenvalue weighted by Gasteiger charge is -2.11. The fraction of sp³-hybridized carbons (Fsp3) is 0.381. The maximum atomic E-state index is 12.6. The van der Waals surface area contributed by atoms with Gasteiger partial charge in [0.05, 0.1) is 25.3 Å². The van der Waals surface area contributed by atoms with Crippen molar-refractivity contribution >= 4 is 27.8 Å². The molecule has 2 heterocycles. The zero-order valence-electron chi connectivity index (χ0n) is 16.5. The minimum atomic E-state index is -0.168. The molecule has 0 fully saturated rings. The number of nitrogens with zero attached hydrogens (tertiary/aromatic N) is 3. The first-order valence-corrected chi connectivity index (χ1v) is 10.3. The Morgan fingerprint density at radius 2 is 2.07 bits per heavy atom. The second-order valence-electron chi connectivity index (χ2n) is 6.48. The molecule has 0 aliphatic heterocycles. The topological polar surface area (TPSA) is 65.7 Å². The molecule has 2 aromatic heterocycles. The van der Waals surface area contributed by atoms with Gasteiger partial charge in [-0.2, -0.15) is 9.78 Å². The molecule has 0 unspecified atom stereocenters. The number of methoxy groups -OCH3 is 1. The van der Waals surface area contributed by atoms with Gasteiger partial charge in [-0.05, 0) is 48.6 Å². The van der Waals surface area contributed by atoms with Crippen molar-refractivity contribution in [2.75, 3.05) is 13.7 Å². The van der Waals surface area contributed by atoms with Gasteiger partial charge in [-0.3, -0.25) is 4.79 Å². The fourth-order valence-corrected chi connectivity index (χ4v) is 3.66. The Balaban J connectivity index is 1.76. The van der Waals surface area contributed by atoms with E-state index < -0.39 is 0 Å². The number of fused-ring (bicyclic) bond motifs is 1. The molecule has 28 heavy (non-hydrogen) atoms. The normalized spacial score (nSPS) is 11.4. The Morgan fingerprint density at radius 1 is 1.21 bits per heavy atom. The first-order chi connectivity index (χ1) is 13.6. The number of hydrogen-bond acceptors (Lipinski definition) is 6. The molecule has 0 atom stereocenters. The van der Waals surface area contributed by atoms with Crippen molar-refractivity contribution in [2.45, 2.75) is 39.5 Å². The van der Waals surface area contributed by atoms with Gasteiger partial charge in [0, 0.05) is 0 Å². The number of benzene rings is 1. The molecule has 0 bridgehead atoms. The zero-order chi connectivity index (χ0) is 19.9. The van der Waals surface area contributed by atoms with Crippen LogP contribution in [0.2, 0.25) is 0 Å². The van der Waals surface area contributed by atoms with Crippen LogP contribution in [0.4, 0.5) is 0 Å². The van der Waals surface area contributed by atoms with Crippen molar-refractivity contribution in [1.82, 2.24) is 9.66 Å². The molecule has 148 valence electrons. The lowest BCUT2D eigenvalue weighted by molar-refractivity contribution is 0.285. The molecule has 1 aromatic carbocycles. The van der Waals surface area contributed by atoms with Crippen LogP contribution in [-0.4, -0.2) is 29.6 Å². The average Bonchev–Trinajstić information content (AvgIpc) is 3.16. The fourth-order valence-electron chi connectivity index (χ4n) is 2.86. The predicted molar refractivity (Wildman–Crippen MR) is 114 cm³/mol. The number of rotatable bonds is 9. The third-order valence-electron chi connectivity index (χ3n) is 4.40. The number of ether oxygens (including phenoxy) is 2.